The van der Waals surface area contributed by atoms with Crippen molar-refractivity contribution in [2.24, 2.45) is 0 Å². The number of benzene rings is 1. The highest BCUT2D eigenvalue weighted by molar-refractivity contribution is 5.76. The molecule has 0 aliphatic carbocycles. The summed E-state index contributed by atoms with van der Waals surface area (Å²) in [4.78, 5) is 21.1. The van der Waals surface area contributed by atoms with Gasteiger partial charge in [-0.05, 0) is 36.9 Å². The molecular formula is C21H28N4O2. The minimum Gasteiger partial charge on any atom is -0.391 e. The number of aliphatic hydroxyl groups is 1. The van der Waals surface area contributed by atoms with E-state index in [1.54, 1.807) is 12.5 Å². The Hall–Kier alpha value is -2.18. The molecule has 2 aliphatic heterocycles. The van der Waals surface area contributed by atoms with Crippen molar-refractivity contribution in [3.05, 3.63) is 54.1 Å². The molecule has 1 fully saturated rings. The van der Waals surface area contributed by atoms with Crippen LogP contribution in [-0.4, -0.2) is 56.1 Å². The highest BCUT2D eigenvalue weighted by Gasteiger charge is 2.27. The summed E-state index contributed by atoms with van der Waals surface area (Å²) in [7, 11) is 0. The van der Waals surface area contributed by atoms with Gasteiger partial charge in [0.05, 0.1) is 18.5 Å². The lowest BCUT2D eigenvalue weighted by atomic mass is 10.1. The van der Waals surface area contributed by atoms with Crippen LogP contribution in [0.1, 0.15) is 42.9 Å². The number of imidazole rings is 1. The number of nitrogens with zero attached hydrogens (tertiary/aromatic N) is 4. The standard InChI is InChI=1S/C21H28N4O2/c26-20-8-12-24(11-7-19(20)25-13-9-22-16-25)21(27)6-3-10-23-14-17-4-1-2-5-18(17)15-23/h1-2,4-5,9,13,16,19-20,26H,3,6-8,10-12,14-15H2/t19-,20-/m0/s1. The molecule has 2 aromatic rings. The van der Waals surface area contributed by atoms with E-state index in [1.807, 2.05) is 15.7 Å². The van der Waals surface area contributed by atoms with Gasteiger partial charge < -0.3 is 14.6 Å². The molecule has 1 amide bonds. The number of carbonyl (C=O) groups is 1. The lowest BCUT2D eigenvalue weighted by Gasteiger charge is -2.22. The minimum absolute atomic E-state index is 0.00778. The Labute approximate surface area is 160 Å². The molecule has 6 heteroatoms. The van der Waals surface area contributed by atoms with Crippen LogP contribution in [-0.2, 0) is 17.9 Å². The third-order valence-electron chi connectivity index (χ3n) is 5.87. The van der Waals surface area contributed by atoms with Crippen LogP contribution >= 0.6 is 0 Å². The van der Waals surface area contributed by atoms with Gasteiger partial charge in [-0.25, -0.2) is 4.98 Å². The summed E-state index contributed by atoms with van der Waals surface area (Å²) in [5, 5.41) is 10.4. The Morgan fingerprint density at radius 2 is 1.89 bits per heavy atom. The summed E-state index contributed by atoms with van der Waals surface area (Å²) in [6.07, 6.45) is 7.80. The maximum Gasteiger partial charge on any atom is 0.222 e. The third-order valence-corrected chi connectivity index (χ3v) is 5.87. The molecule has 3 heterocycles. The van der Waals surface area contributed by atoms with Crippen LogP contribution in [0.4, 0.5) is 0 Å². The zero-order chi connectivity index (χ0) is 18.6. The summed E-state index contributed by atoms with van der Waals surface area (Å²) in [6, 6.07) is 8.58. The molecular weight excluding hydrogens is 340 g/mol. The number of amides is 1. The molecule has 1 N–H and O–H groups in total. The highest BCUT2D eigenvalue weighted by atomic mass is 16.3. The molecule has 0 radical (unpaired) electrons. The molecule has 0 unspecified atom stereocenters. The fourth-order valence-corrected chi connectivity index (χ4v) is 4.31. The van der Waals surface area contributed by atoms with Gasteiger partial charge >= 0.3 is 0 Å². The number of carbonyl (C=O) groups excluding carboxylic acids is 1. The van der Waals surface area contributed by atoms with E-state index in [-0.39, 0.29) is 11.9 Å². The summed E-state index contributed by atoms with van der Waals surface area (Å²) in [5.74, 6) is 0.213. The summed E-state index contributed by atoms with van der Waals surface area (Å²) < 4.78 is 1.96. The third kappa shape index (κ3) is 4.22. The van der Waals surface area contributed by atoms with E-state index >= 15 is 0 Å². The Balaban J connectivity index is 1.23. The Kier molecular flexibility index (Phi) is 5.55. The Bertz CT molecular complexity index is 736. The van der Waals surface area contributed by atoms with E-state index in [0.29, 0.717) is 25.9 Å². The van der Waals surface area contributed by atoms with Crippen molar-refractivity contribution < 1.29 is 9.90 Å². The van der Waals surface area contributed by atoms with E-state index < -0.39 is 6.10 Å². The van der Waals surface area contributed by atoms with Crippen LogP contribution < -0.4 is 0 Å². The van der Waals surface area contributed by atoms with Gasteiger partial charge in [-0.15, -0.1) is 0 Å². The van der Waals surface area contributed by atoms with Crippen LogP contribution in [0.15, 0.2) is 43.0 Å². The number of likely N-dealkylation sites (tertiary alicyclic amines) is 1. The molecule has 144 valence electrons. The maximum atomic E-state index is 12.6. The molecule has 1 saturated heterocycles. The second-order valence-electron chi connectivity index (χ2n) is 7.69. The molecule has 0 bridgehead atoms. The fraction of sp³-hybridized carbons (Fsp3) is 0.524. The first-order valence-electron chi connectivity index (χ1n) is 9.93. The number of aliphatic hydroxyl groups excluding tert-OH is 1. The van der Waals surface area contributed by atoms with Gasteiger partial charge in [0.2, 0.25) is 5.91 Å². The zero-order valence-corrected chi connectivity index (χ0v) is 15.7. The van der Waals surface area contributed by atoms with Gasteiger partial charge in [-0.3, -0.25) is 9.69 Å². The molecule has 2 atom stereocenters. The number of fused-ring (bicyclic) bond motifs is 1. The Morgan fingerprint density at radius 1 is 1.15 bits per heavy atom. The number of rotatable bonds is 5. The Morgan fingerprint density at radius 3 is 2.59 bits per heavy atom. The molecule has 0 saturated carbocycles. The van der Waals surface area contributed by atoms with Crippen molar-refractivity contribution in [2.75, 3.05) is 19.6 Å². The molecule has 1 aromatic carbocycles. The largest absolute Gasteiger partial charge is 0.391 e. The van der Waals surface area contributed by atoms with Crippen molar-refractivity contribution in [1.82, 2.24) is 19.4 Å². The van der Waals surface area contributed by atoms with E-state index in [1.165, 1.54) is 11.1 Å². The smallest absolute Gasteiger partial charge is 0.222 e. The van der Waals surface area contributed by atoms with Crippen molar-refractivity contribution in [1.29, 1.82) is 0 Å². The van der Waals surface area contributed by atoms with Gasteiger partial charge in [0, 0.05) is 45.0 Å². The van der Waals surface area contributed by atoms with Crippen LogP contribution in [0.25, 0.3) is 0 Å². The molecule has 27 heavy (non-hydrogen) atoms. The van der Waals surface area contributed by atoms with Crippen LogP contribution in [0.2, 0.25) is 0 Å². The molecule has 1 aromatic heterocycles. The summed E-state index contributed by atoms with van der Waals surface area (Å²) >= 11 is 0. The quantitative estimate of drug-likeness (QED) is 0.879. The van der Waals surface area contributed by atoms with E-state index in [4.69, 9.17) is 0 Å². The topological polar surface area (TPSA) is 61.6 Å². The van der Waals surface area contributed by atoms with Gasteiger partial charge in [0.1, 0.15) is 0 Å². The first kappa shape index (κ1) is 18.2. The lowest BCUT2D eigenvalue weighted by Crippen LogP contribution is -2.32. The maximum absolute atomic E-state index is 12.6. The van der Waals surface area contributed by atoms with E-state index in [0.717, 1.165) is 32.5 Å². The summed E-state index contributed by atoms with van der Waals surface area (Å²) in [5.41, 5.74) is 2.83. The monoisotopic (exact) mass is 368 g/mol. The first-order valence-corrected chi connectivity index (χ1v) is 9.93. The number of aromatic nitrogens is 2. The predicted molar refractivity (Wildman–Crippen MR) is 103 cm³/mol. The van der Waals surface area contributed by atoms with Crippen LogP contribution in [0.5, 0.6) is 0 Å². The highest BCUT2D eigenvalue weighted by Crippen LogP contribution is 2.24. The average molecular weight is 368 g/mol. The van der Waals surface area contributed by atoms with Crippen molar-refractivity contribution in [3.8, 4) is 0 Å². The van der Waals surface area contributed by atoms with Crippen molar-refractivity contribution in [2.45, 2.75) is 50.9 Å². The normalized spacial score (nSPS) is 23.2. The van der Waals surface area contributed by atoms with E-state index in [2.05, 4.69) is 34.1 Å². The van der Waals surface area contributed by atoms with Crippen LogP contribution in [0.3, 0.4) is 0 Å². The molecule has 2 aliphatic rings. The van der Waals surface area contributed by atoms with Crippen molar-refractivity contribution >= 4 is 5.91 Å². The number of hydrogen-bond donors (Lipinski definition) is 1. The zero-order valence-electron chi connectivity index (χ0n) is 15.7. The molecule has 0 spiro atoms. The average Bonchev–Trinajstić information content (AvgIpc) is 3.29. The van der Waals surface area contributed by atoms with Gasteiger partial charge in [0.15, 0.2) is 0 Å². The van der Waals surface area contributed by atoms with Crippen LogP contribution in [0, 0.1) is 0 Å². The lowest BCUT2D eigenvalue weighted by molar-refractivity contribution is -0.131. The molecule has 6 nitrogen and oxygen atoms in total. The molecule has 4 rings (SSSR count). The second kappa shape index (κ2) is 8.23. The van der Waals surface area contributed by atoms with Gasteiger partial charge in [-0.1, -0.05) is 24.3 Å². The predicted octanol–water partition coefficient (Wildman–Crippen LogP) is 2.20. The van der Waals surface area contributed by atoms with Crippen molar-refractivity contribution in [3.63, 3.8) is 0 Å². The first-order chi connectivity index (χ1) is 13.2. The number of hydrogen-bond acceptors (Lipinski definition) is 4. The second-order valence-corrected chi connectivity index (χ2v) is 7.69. The van der Waals surface area contributed by atoms with Gasteiger partial charge in [0.25, 0.3) is 0 Å². The van der Waals surface area contributed by atoms with Gasteiger partial charge in [-0.2, -0.15) is 0 Å². The summed E-state index contributed by atoms with van der Waals surface area (Å²) in [6.45, 7) is 4.28. The minimum atomic E-state index is -0.430. The SMILES string of the molecule is O=C(CCCN1Cc2ccccc2C1)N1CC[C@H](O)[C@@H](n2ccnc2)CC1. The fourth-order valence-electron chi connectivity index (χ4n) is 4.31. The van der Waals surface area contributed by atoms with E-state index in [9.17, 15) is 9.90 Å².